The molecule has 0 fully saturated rings. The van der Waals surface area contributed by atoms with Gasteiger partial charge in [-0.25, -0.2) is 4.98 Å². The second kappa shape index (κ2) is 5.34. The van der Waals surface area contributed by atoms with Crippen molar-refractivity contribution in [3.8, 4) is 0 Å². The molecule has 0 aliphatic rings. The quantitative estimate of drug-likeness (QED) is 0.755. The Morgan fingerprint density at radius 3 is 2.32 bits per heavy atom. The second-order valence-electron chi connectivity index (χ2n) is 4.58. The summed E-state index contributed by atoms with van der Waals surface area (Å²) in [7, 11) is 5.67. The molecule has 0 aliphatic heterocycles. The van der Waals surface area contributed by atoms with Gasteiger partial charge < -0.3 is 4.57 Å². The molecule has 19 heavy (non-hydrogen) atoms. The molecular weight excluding hydrogens is 239 g/mol. The molecule has 5 nitrogen and oxygen atoms in total. The van der Waals surface area contributed by atoms with E-state index in [4.69, 9.17) is 7.85 Å². The molecule has 2 radical (unpaired) electrons. The Labute approximate surface area is 113 Å². The van der Waals surface area contributed by atoms with Crippen LogP contribution in [0.25, 0.3) is 0 Å². The zero-order chi connectivity index (χ0) is 14.0. The highest BCUT2D eigenvalue weighted by molar-refractivity contribution is 6.08. The van der Waals surface area contributed by atoms with Crippen LogP contribution in [0.1, 0.15) is 28.3 Å². The van der Waals surface area contributed by atoms with Crippen molar-refractivity contribution in [2.24, 2.45) is 0 Å². The fourth-order valence-corrected chi connectivity index (χ4v) is 1.99. The molecule has 0 bridgehead atoms. The Morgan fingerprint density at radius 2 is 1.74 bits per heavy atom. The zero-order valence-corrected chi connectivity index (χ0v) is 11.3. The van der Waals surface area contributed by atoms with Gasteiger partial charge in [-0.2, -0.15) is 0 Å². The minimum atomic E-state index is 0.0726. The molecule has 0 aromatic carbocycles. The third-order valence-corrected chi connectivity index (χ3v) is 2.91. The number of aromatic nitrogens is 4. The van der Waals surface area contributed by atoms with Gasteiger partial charge in [-0.05, 0) is 27.1 Å². The molecule has 2 aromatic rings. The predicted octanol–water partition coefficient (Wildman–Crippen LogP) is 0.675. The first-order valence-corrected chi connectivity index (χ1v) is 6.07. The molecule has 0 saturated carbocycles. The van der Waals surface area contributed by atoms with Gasteiger partial charge in [-0.1, -0.05) is 0 Å². The standard InChI is InChI=1S/C13H15BN4O/c1-8-5-18(6-9(2)13(8)19)7-12-11(4-14)15-10(3)16-17-12/h5-6H,4,7H2,1-3H3. The van der Waals surface area contributed by atoms with Crippen LogP contribution in [0.4, 0.5) is 0 Å². The summed E-state index contributed by atoms with van der Waals surface area (Å²) >= 11 is 0. The van der Waals surface area contributed by atoms with E-state index in [1.165, 1.54) is 0 Å². The molecule has 0 aliphatic carbocycles. The van der Waals surface area contributed by atoms with Crippen LogP contribution in [-0.2, 0) is 12.9 Å². The van der Waals surface area contributed by atoms with E-state index in [2.05, 4.69) is 15.2 Å². The SMILES string of the molecule is [B]Cc1nc(C)nnc1Cn1cc(C)c(=O)c(C)c1. The summed E-state index contributed by atoms with van der Waals surface area (Å²) in [6, 6.07) is 0. The largest absolute Gasteiger partial charge is 0.347 e. The van der Waals surface area contributed by atoms with Crippen LogP contribution >= 0.6 is 0 Å². The highest BCUT2D eigenvalue weighted by Gasteiger charge is 2.07. The third kappa shape index (κ3) is 2.89. The van der Waals surface area contributed by atoms with Gasteiger partial charge in [0.15, 0.2) is 5.43 Å². The van der Waals surface area contributed by atoms with Crippen molar-refractivity contribution in [1.82, 2.24) is 19.7 Å². The van der Waals surface area contributed by atoms with Crippen LogP contribution in [0.15, 0.2) is 17.2 Å². The molecule has 0 spiro atoms. The molecule has 2 heterocycles. The minimum absolute atomic E-state index is 0.0726. The van der Waals surface area contributed by atoms with Gasteiger partial charge in [0.1, 0.15) is 11.5 Å². The topological polar surface area (TPSA) is 60.7 Å². The Kier molecular flexibility index (Phi) is 3.78. The summed E-state index contributed by atoms with van der Waals surface area (Å²) in [5.74, 6) is 0.608. The average Bonchev–Trinajstić information content (AvgIpc) is 2.38. The minimum Gasteiger partial charge on any atom is -0.347 e. The lowest BCUT2D eigenvalue weighted by Crippen LogP contribution is -2.16. The number of hydrogen-bond acceptors (Lipinski definition) is 4. The lowest BCUT2D eigenvalue weighted by molar-refractivity contribution is 0.706. The van der Waals surface area contributed by atoms with Crippen molar-refractivity contribution < 1.29 is 0 Å². The van der Waals surface area contributed by atoms with E-state index in [0.717, 1.165) is 11.4 Å². The molecule has 0 amide bonds. The molecular formula is C13H15BN4O. The molecule has 6 heteroatoms. The van der Waals surface area contributed by atoms with E-state index in [0.29, 0.717) is 29.8 Å². The zero-order valence-electron chi connectivity index (χ0n) is 11.3. The number of aryl methyl sites for hydroxylation is 3. The number of nitrogens with zero attached hydrogens (tertiary/aromatic N) is 4. The Hall–Kier alpha value is -1.98. The van der Waals surface area contributed by atoms with Crippen LogP contribution in [0.5, 0.6) is 0 Å². The monoisotopic (exact) mass is 254 g/mol. The summed E-state index contributed by atoms with van der Waals surface area (Å²) in [5, 5.41) is 8.09. The molecule has 0 atom stereocenters. The molecule has 96 valence electrons. The van der Waals surface area contributed by atoms with E-state index in [-0.39, 0.29) is 5.43 Å². The van der Waals surface area contributed by atoms with Crippen molar-refractivity contribution in [3.05, 3.63) is 51.0 Å². The Bertz CT molecular complexity index is 640. The molecule has 2 rings (SSSR count). The predicted molar refractivity (Wildman–Crippen MR) is 73.3 cm³/mol. The van der Waals surface area contributed by atoms with E-state index < -0.39 is 0 Å². The van der Waals surface area contributed by atoms with Gasteiger partial charge in [0, 0.05) is 23.5 Å². The van der Waals surface area contributed by atoms with Gasteiger partial charge >= 0.3 is 0 Å². The maximum Gasteiger partial charge on any atom is 0.187 e. The van der Waals surface area contributed by atoms with Crippen molar-refractivity contribution in [2.75, 3.05) is 0 Å². The van der Waals surface area contributed by atoms with Gasteiger partial charge in [0.2, 0.25) is 0 Å². The highest BCUT2D eigenvalue weighted by atomic mass is 16.1. The van der Waals surface area contributed by atoms with Gasteiger partial charge in [0.05, 0.1) is 20.1 Å². The van der Waals surface area contributed by atoms with Crippen LogP contribution < -0.4 is 5.43 Å². The van der Waals surface area contributed by atoms with Crippen LogP contribution in [0.3, 0.4) is 0 Å². The molecule has 0 saturated heterocycles. The van der Waals surface area contributed by atoms with Crippen LogP contribution in [0, 0.1) is 20.8 Å². The third-order valence-electron chi connectivity index (χ3n) is 2.91. The van der Waals surface area contributed by atoms with E-state index in [1.807, 2.05) is 4.57 Å². The fourth-order valence-electron chi connectivity index (χ4n) is 1.99. The first-order chi connectivity index (χ1) is 9.01. The lowest BCUT2D eigenvalue weighted by Gasteiger charge is -2.10. The fraction of sp³-hybridized carbons (Fsp3) is 0.385. The normalized spacial score (nSPS) is 10.7. The summed E-state index contributed by atoms with van der Waals surface area (Å²) in [6.07, 6.45) is 3.93. The van der Waals surface area contributed by atoms with Crippen molar-refractivity contribution in [1.29, 1.82) is 0 Å². The lowest BCUT2D eigenvalue weighted by atomic mass is 10.00. The van der Waals surface area contributed by atoms with Crippen molar-refractivity contribution in [2.45, 2.75) is 33.6 Å². The van der Waals surface area contributed by atoms with Gasteiger partial charge in [0.25, 0.3) is 0 Å². The van der Waals surface area contributed by atoms with Crippen molar-refractivity contribution >= 4 is 7.85 Å². The maximum atomic E-state index is 11.7. The highest BCUT2D eigenvalue weighted by Crippen LogP contribution is 2.06. The van der Waals surface area contributed by atoms with Crippen LogP contribution in [0.2, 0.25) is 0 Å². The first-order valence-electron chi connectivity index (χ1n) is 6.07. The van der Waals surface area contributed by atoms with Gasteiger partial charge in [-0.3, -0.25) is 4.79 Å². The Morgan fingerprint density at radius 1 is 1.11 bits per heavy atom. The number of rotatable bonds is 3. The van der Waals surface area contributed by atoms with Crippen molar-refractivity contribution in [3.63, 3.8) is 0 Å². The average molecular weight is 254 g/mol. The molecule has 0 N–H and O–H groups in total. The smallest absolute Gasteiger partial charge is 0.187 e. The van der Waals surface area contributed by atoms with E-state index in [9.17, 15) is 4.79 Å². The number of pyridine rings is 1. The molecule has 2 aromatic heterocycles. The molecule has 0 unspecified atom stereocenters. The van der Waals surface area contributed by atoms with Crippen LogP contribution in [-0.4, -0.2) is 27.6 Å². The first kappa shape index (κ1) is 13.5. The number of hydrogen-bond donors (Lipinski definition) is 0. The second-order valence-corrected chi connectivity index (χ2v) is 4.58. The van der Waals surface area contributed by atoms with Gasteiger partial charge in [-0.15, -0.1) is 10.2 Å². The summed E-state index contributed by atoms with van der Waals surface area (Å²) in [6.45, 7) is 5.89. The summed E-state index contributed by atoms with van der Waals surface area (Å²) in [4.78, 5) is 15.9. The Balaban J connectivity index is 2.39. The maximum absolute atomic E-state index is 11.7. The summed E-state index contributed by atoms with van der Waals surface area (Å²) < 4.78 is 1.91. The summed E-state index contributed by atoms with van der Waals surface area (Å²) in [5.41, 5.74) is 2.96. The van der Waals surface area contributed by atoms with E-state index >= 15 is 0 Å². The van der Waals surface area contributed by atoms with E-state index in [1.54, 1.807) is 33.2 Å².